The molecule has 3 heterocycles. The molecule has 0 bridgehead atoms. The third kappa shape index (κ3) is 2.99. The molecule has 4 nitrogen and oxygen atoms in total. The van der Waals surface area contributed by atoms with E-state index in [2.05, 4.69) is 34.3 Å². The number of aromatic nitrogens is 1. The highest BCUT2D eigenvalue weighted by molar-refractivity contribution is 7.80. The maximum atomic E-state index is 9.16. The minimum absolute atomic E-state index is 0.0467. The topological polar surface area (TPSA) is 48.4 Å². The molecule has 1 aliphatic rings. The van der Waals surface area contributed by atoms with Gasteiger partial charge in [-0.1, -0.05) is 6.07 Å². The van der Waals surface area contributed by atoms with Crippen LogP contribution < -0.4 is 5.32 Å². The van der Waals surface area contributed by atoms with E-state index in [9.17, 15) is 0 Å². The van der Waals surface area contributed by atoms with Gasteiger partial charge in [-0.3, -0.25) is 4.98 Å². The van der Waals surface area contributed by atoms with Crippen LogP contribution in [0.25, 0.3) is 0 Å². The molecule has 22 heavy (non-hydrogen) atoms. The lowest BCUT2D eigenvalue weighted by molar-refractivity contribution is 0.249. The summed E-state index contributed by atoms with van der Waals surface area (Å²) in [6, 6.07) is 10.4. The van der Waals surface area contributed by atoms with E-state index in [-0.39, 0.29) is 18.7 Å². The number of thiocarbonyl (C=S) groups is 1. The van der Waals surface area contributed by atoms with Crippen LogP contribution in [-0.4, -0.2) is 33.3 Å². The number of aliphatic hydroxyl groups excluding tert-OH is 1. The summed E-state index contributed by atoms with van der Waals surface area (Å²) in [6.07, 6.45) is 2.52. The summed E-state index contributed by atoms with van der Waals surface area (Å²) in [4.78, 5) is 9.24. The summed E-state index contributed by atoms with van der Waals surface area (Å²) in [6.45, 7) is 3.03. The van der Waals surface area contributed by atoms with E-state index in [0.29, 0.717) is 6.42 Å². The van der Waals surface area contributed by atoms with Crippen molar-refractivity contribution in [2.45, 2.75) is 25.4 Å². The Morgan fingerprint density at radius 1 is 1.36 bits per heavy atom. The number of thiophene rings is 1. The van der Waals surface area contributed by atoms with Crippen molar-refractivity contribution in [3.8, 4) is 0 Å². The second-order valence-corrected chi connectivity index (χ2v) is 7.05. The second-order valence-electron chi connectivity index (χ2n) is 5.35. The van der Waals surface area contributed by atoms with Gasteiger partial charge in [0.1, 0.15) is 0 Å². The first kappa shape index (κ1) is 15.4. The van der Waals surface area contributed by atoms with Crippen molar-refractivity contribution < 1.29 is 5.11 Å². The molecule has 2 N–H and O–H groups in total. The van der Waals surface area contributed by atoms with Gasteiger partial charge < -0.3 is 15.3 Å². The molecule has 0 saturated carbocycles. The Kier molecular flexibility index (Phi) is 4.71. The molecule has 0 amide bonds. The van der Waals surface area contributed by atoms with Crippen molar-refractivity contribution in [1.29, 1.82) is 0 Å². The van der Waals surface area contributed by atoms with Gasteiger partial charge in [-0.2, -0.15) is 0 Å². The SMILES string of the molecule is Cc1ccc([C@@H]2[C@@H](c3ccccn3)NC(=S)N2CCCO)s1. The number of aliphatic hydroxyl groups is 1. The molecular formula is C16H19N3OS2. The van der Waals surface area contributed by atoms with Crippen molar-refractivity contribution >= 4 is 28.7 Å². The summed E-state index contributed by atoms with van der Waals surface area (Å²) < 4.78 is 0. The first-order chi connectivity index (χ1) is 10.7. The zero-order chi connectivity index (χ0) is 15.5. The van der Waals surface area contributed by atoms with Crippen LogP contribution in [0.3, 0.4) is 0 Å². The van der Waals surface area contributed by atoms with Gasteiger partial charge >= 0.3 is 0 Å². The van der Waals surface area contributed by atoms with Crippen LogP contribution in [0, 0.1) is 6.92 Å². The largest absolute Gasteiger partial charge is 0.396 e. The van der Waals surface area contributed by atoms with E-state index in [1.807, 2.05) is 24.4 Å². The van der Waals surface area contributed by atoms with Gasteiger partial charge in [-0.15, -0.1) is 11.3 Å². The maximum absolute atomic E-state index is 9.16. The van der Waals surface area contributed by atoms with Gasteiger partial charge in [0.2, 0.25) is 0 Å². The van der Waals surface area contributed by atoms with Crippen molar-refractivity contribution in [2.24, 2.45) is 0 Å². The highest BCUT2D eigenvalue weighted by atomic mass is 32.1. The molecular weight excluding hydrogens is 314 g/mol. The number of nitrogens with zero attached hydrogens (tertiary/aromatic N) is 2. The predicted molar refractivity (Wildman–Crippen MR) is 92.9 cm³/mol. The fraction of sp³-hybridized carbons (Fsp3) is 0.375. The Morgan fingerprint density at radius 2 is 2.23 bits per heavy atom. The summed E-state index contributed by atoms with van der Waals surface area (Å²) in [5, 5.41) is 13.3. The Morgan fingerprint density at radius 3 is 2.86 bits per heavy atom. The molecule has 2 aromatic rings. The second kappa shape index (κ2) is 6.73. The zero-order valence-electron chi connectivity index (χ0n) is 12.4. The minimum Gasteiger partial charge on any atom is -0.396 e. The number of rotatable bonds is 5. The maximum Gasteiger partial charge on any atom is 0.170 e. The van der Waals surface area contributed by atoms with Gasteiger partial charge in [0, 0.05) is 29.1 Å². The Balaban J connectivity index is 1.96. The van der Waals surface area contributed by atoms with Crippen molar-refractivity contribution in [2.75, 3.05) is 13.2 Å². The first-order valence-electron chi connectivity index (χ1n) is 7.36. The lowest BCUT2D eigenvalue weighted by Crippen LogP contribution is -2.30. The van der Waals surface area contributed by atoms with Crippen LogP contribution in [0.15, 0.2) is 36.5 Å². The molecule has 2 aromatic heterocycles. The average molecular weight is 333 g/mol. The molecule has 1 saturated heterocycles. The summed E-state index contributed by atoms with van der Waals surface area (Å²) in [5.41, 5.74) is 0.993. The first-order valence-corrected chi connectivity index (χ1v) is 8.58. The summed E-state index contributed by atoms with van der Waals surface area (Å²) >= 11 is 7.32. The van der Waals surface area contributed by atoms with Gasteiger partial charge in [0.25, 0.3) is 0 Å². The molecule has 0 radical (unpaired) electrons. The van der Waals surface area contributed by atoms with Crippen LogP contribution >= 0.6 is 23.6 Å². The molecule has 0 aromatic carbocycles. The molecule has 116 valence electrons. The molecule has 0 spiro atoms. The lowest BCUT2D eigenvalue weighted by atomic mass is 10.0. The molecule has 6 heteroatoms. The third-order valence-electron chi connectivity index (χ3n) is 3.81. The number of hydrogen-bond acceptors (Lipinski definition) is 4. The fourth-order valence-electron chi connectivity index (χ4n) is 2.81. The molecule has 1 fully saturated rings. The van der Waals surface area contributed by atoms with Crippen molar-refractivity contribution in [3.63, 3.8) is 0 Å². The van der Waals surface area contributed by atoms with E-state index in [4.69, 9.17) is 17.3 Å². The van der Waals surface area contributed by atoms with E-state index in [1.165, 1.54) is 9.75 Å². The fourth-order valence-corrected chi connectivity index (χ4v) is 4.17. The molecule has 0 unspecified atom stereocenters. The Bertz CT molecular complexity index is 644. The number of pyridine rings is 1. The predicted octanol–water partition coefficient (Wildman–Crippen LogP) is 2.81. The normalized spacial score (nSPS) is 21.2. The van der Waals surface area contributed by atoms with Crippen LogP contribution in [0.1, 0.15) is 34.0 Å². The van der Waals surface area contributed by atoms with Crippen LogP contribution in [0.2, 0.25) is 0 Å². The average Bonchev–Trinajstić information content (AvgIpc) is 3.09. The summed E-state index contributed by atoms with van der Waals surface area (Å²) in [7, 11) is 0. The van der Waals surface area contributed by atoms with Gasteiger partial charge in [-0.25, -0.2) is 0 Å². The number of hydrogen-bond donors (Lipinski definition) is 2. The van der Waals surface area contributed by atoms with E-state index in [0.717, 1.165) is 17.4 Å². The van der Waals surface area contributed by atoms with Crippen LogP contribution in [-0.2, 0) is 0 Å². The zero-order valence-corrected chi connectivity index (χ0v) is 14.0. The quantitative estimate of drug-likeness (QED) is 0.824. The van der Waals surface area contributed by atoms with Crippen LogP contribution in [0.5, 0.6) is 0 Å². The monoisotopic (exact) mass is 333 g/mol. The molecule has 2 atom stereocenters. The van der Waals surface area contributed by atoms with E-state index >= 15 is 0 Å². The number of nitrogens with one attached hydrogen (secondary N) is 1. The molecule has 3 rings (SSSR count). The van der Waals surface area contributed by atoms with Crippen molar-refractivity contribution in [1.82, 2.24) is 15.2 Å². The third-order valence-corrected chi connectivity index (χ3v) is 5.23. The van der Waals surface area contributed by atoms with E-state index in [1.54, 1.807) is 11.3 Å². The van der Waals surface area contributed by atoms with E-state index < -0.39 is 0 Å². The van der Waals surface area contributed by atoms with Gasteiger partial charge in [0.05, 0.1) is 17.8 Å². The Hall–Kier alpha value is -1.50. The summed E-state index contributed by atoms with van der Waals surface area (Å²) in [5.74, 6) is 0. The van der Waals surface area contributed by atoms with Crippen LogP contribution in [0.4, 0.5) is 0 Å². The Labute approximate surface area is 139 Å². The lowest BCUT2D eigenvalue weighted by Gasteiger charge is -2.26. The van der Waals surface area contributed by atoms with Crippen molar-refractivity contribution in [3.05, 3.63) is 52.0 Å². The van der Waals surface area contributed by atoms with Gasteiger partial charge in [0.15, 0.2) is 5.11 Å². The number of aryl methyl sites for hydroxylation is 1. The molecule has 0 aliphatic carbocycles. The van der Waals surface area contributed by atoms with Gasteiger partial charge in [-0.05, 0) is 49.8 Å². The minimum atomic E-state index is 0.0467. The standard InChI is InChI=1S/C16H19N3OS2/c1-11-6-7-13(22-11)15-14(12-5-2-3-8-17-12)18-16(21)19(15)9-4-10-20/h2-3,5-8,14-15,20H,4,9-10H2,1H3,(H,18,21)/t14-,15-/m1/s1. The highest BCUT2D eigenvalue weighted by Gasteiger charge is 2.39. The molecule has 1 aliphatic heterocycles. The highest BCUT2D eigenvalue weighted by Crippen LogP contribution is 2.41. The smallest absolute Gasteiger partial charge is 0.170 e.